The summed E-state index contributed by atoms with van der Waals surface area (Å²) in [4.78, 5) is 6.53. The van der Waals surface area contributed by atoms with E-state index in [1.165, 1.54) is 24.0 Å². The third-order valence-corrected chi connectivity index (χ3v) is 8.67. The first-order valence-electron chi connectivity index (χ1n) is 15.9. The van der Waals surface area contributed by atoms with Crippen LogP contribution in [0.5, 0.6) is 0 Å². The van der Waals surface area contributed by atoms with Crippen LogP contribution in [-0.4, -0.2) is 64.2 Å². The molecule has 3 unspecified atom stereocenters. The van der Waals surface area contributed by atoms with Crippen LogP contribution in [0.15, 0.2) is 55.1 Å². The molecule has 3 aromatic rings. The molecule has 0 radical (unpaired) electrons. The highest BCUT2D eigenvalue weighted by atomic mass is 35.5. The average molecular weight is 646 g/mol. The van der Waals surface area contributed by atoms with Crippen LogP contribution in [0, 0.1) is 5.92 Å². The normalized spacial score (nSPS) is 25.0. The molecule has 5 atom stereocenters. The van der Waals surface area contributed by atoms with E-state index in [-0.39, 0.29) is 11.5 Å². The number of hydrogen-bond acceptors (Lipinski definition) is 6. The second kappa shape index (κ2) is 15.5. The van der Waals surface area contributed by atoms with E-state index in [4.69, 9.17) is 37.4 Å². The van der Waals surface area contributed by atoms with Gasteiger partial charge in [0, 0.05) is 30.2 Å². The highest BCUT2D eigenvalue weighted by Gasteiger charge is 2.45. The van der Waals surface area contributed by atoms with Gasteiger partial charge >= 0.3 is 0 Å². The van der Waals surface area contributed by atoms with Crippen LogP contribution in [0.25, 0.3) is 0 Å². The molecule has 5 rings (SSSR count). The fourth-order valence-electron chi connectivity index (χ4n) is 6.15. The minimum atomic E-state index is -0.963. The summed E-state index contributed by atoms with van der Waals surface area (Å²) < 4.78 is 19.8. The molecule has 3 heterocycles. The van der Waals surface area contributed by atoms with E-state index in [1.54, 1.807) is 23.1 Å². The zero-order valence-corrected chi connectivity index (χ0v) is 28.9. The van der Waals surface area contributed by atoms with Crippen molar-refractivity contribution in [3.05, 3.63) is 81.9 Å². The van der Waals surface area contributed by atoms with Gasteiger partial charge in [0.2, 0.25) is 5.79 Å². The van der Waals surface area contributed by atoms with Crippen LogP contribution >= 0.6 is 23.2 Å². The minimum absolute atomic E-state index is 0.0419. The van der Waals surface area contributed by atoms with E-state index < -0.39 is 5.79 Å². The number of hydrogen-bond donors (Lipinski definition) is 0. The van der Waals surface area contributed by atoms with Crippen molar-refractivity contribution in [1.29, 1.82) is 0 Å². The van der Waals surface area contributed by atoms with E-state index in [1.807, 2.05) is 6.07 Å². The molecule has 0 aliphatic carbocycles. The molecule has 242 valence electrons. The molecule has 2 aliphatic heterocycles. The van der Waals surface area contributed by atoms with Gasteiger partial charge in [-0.2, -0.15) is 5.10 Å². The molecule has 0 amide bonds. The summed E-state index contributed by atoms with van der Waals surface area (Å²) in [6, 6.07) is 14.5. The summed E-state index contributed by atoms with van der Waals surface area (Å²) in [6.45, 7) is 19.9. The molecule has 2 fully saturated rings. The molecular formula is C35H50Cl2N4O3. The standard InChI is InChI=1S/C20H33NO.C15H17Cl2N3O2/c1-15(12-21-13-16(2)22-17(3)14-21)11-18-7-9-19(10-8-18)20(4,5)6;1-2-3-12-7-21-15(22-12,8-20-10-18-9-19-20)13-5-4-11(16)6-14(13)17/h7-10,15-17H,11-14H2,1-6H3;4-6,9-10,12H,2-3,7-8H2,1H3/t15?,16-,17+;. The Morgan fingerprint density at radius 2 is 1.75 bits per heavy atom. The SMILES string of the molecule is CC(Cc1ccc(C(C)(C)C)cc1)CN1C[C@@H](C)O[C@@H](C)C1.CCCC1COC(Cn2cncn2)(c2ccc(Cl)cc2Cl)O1. The van der Waals surface area contributed by atoms with Gasteiger partial charge < -0.3 is 14.2 Å². The molecule has 2 saturated heterocycles. The Balaban J connectivity index is 0.000000201. The third-order valence-electron chi connectivity index (χ3n) is 8.12. The van der Waals surface area contributed by atoms with Crippen LogP contribution in [0.4, 0.5) is 0 Å². The highest BCUT2D eigenvalue weighted by Crippen LogP contribution is 2.41. The zero-order chi connectivity index (χ0) is 31.9. The number of halogens is 2. The maximum absolute atomic E-state index is 6.37. The Hall–Kier alpha value is -2.00. The molecular weight excluding hydrogens is 595 g/mol. The Labute approximate surface area is 274 Å². The maximum Gasteiger partial charge on any atom is 0.217 e. The Morgan fingerprint density at radius 1 is 1.05 bits per heavy atom. The van der Waals surface area contributed by atoms with E-state index in [0.717, 1.165) is 37.9 Å². The van der Waals surface area contributed by atoms with Crippen molar-refractivity contribution in [1.82, 2.24) is 19.7 Å². The van der Waals surface area contributed by atoms with Crippen LogP contribution in [0.2, 0.25) is 10.0 Å². The lowest BCUT2D eigenvalue weighted by Gasteiger charge is -2.36. The number of ether oxygens (including phenoxy) is 3. The first-order chi connectivity index (χ1) is 20.9. The predicted octanol–water partition coefficient (Wildman–Crippen LogP) is 7.93. The first kappa shape index (κ1) is 34.9. The van der Waals surface area contributed by atoms with Crippen LogP contribution in [0.1, 0.15) is 78.0 Å². The summed E-state index contributed by atoms with van der Waals surface area (Å²) in [5, 5.41) is 5.24. The molecule has 2 aliphatic rings. The summed E-state index contributed by atoms with van der Waals surface area (Å²) in [5.41, 5.74) is 3.87. The molecule has 9 heteroatoms. The van der Waals surface area contributed by atoms with Crippen molar-refractivity contribution in [2.45, 2.75) is 104 Å². The van der Waals surface area contributed by atoms with Gasteiger partial charge in [-0.15, -0.1) is 0 Å². The number of aromatic nitrogens is 3. The van der Waals surface area contributed by atoms with Crippen molar-refractivity contribution in [3.63, 3.8) is 0 Å². The fourth-order valence-corrected chi connectivity index (χ4v) is 6.70. The third kappa shape index (κ3) is 9.75. The van der Waals surface area contributed by atoms with Gasteiger partial charge in [0.05, 0.1) is 29.9 Å². The lowest BCUT2D eigenvalue weighted by Crippen LogP contribution is -2.47. The maximum atomic E-state index is 6.37. The van der Waals surface area contributed by atoms with Gasteiger partial charge in [0.15, 0.2) is 0 Å². The van der Waals surface area contributed by atoms with Crippen molar-refractivity contribution in [2.24, 2.45) is 5.92 Å². The van der Waals surface area contributed by atoms with Gasteiger partial charge in [-0.3, -0.25) is 4.90 Å². The Kier molecular flexibility index (Phi) is 12.3. The van der Waals surface area contributed by atoms with E-state index in [0.29, 0.717) is 41.3 Å². The van der Waals surface area contributed by atoms with Gasteiger partial charge in [-0.05, 0) is 61.3 Å². The average Bonchev–Trinajstić information content (AvgIpc) is 3.59. The van der Waals surface area contributed by atoms with Gasteiger partial charge in [-0.1, -0.05) is 94.6 Å². The lowest BCUT2D eigenvalue weighted by atomic mass is 9.86. The summed E-state index contributed by atoms with van der Waals surface area (Å²) in [7, 11) is 0. The fraction of sp³-hybridized carbons (Fsp3) is 0.600. The van der Waals surface area contributed by atoms with Crippen LogP contribution in [-0.2, 0) is 38.4 Å². The number of rotatable bonds is 9. The summed E-state index contributed by atoms with van der Waals surface area (Å²) in [6.07, 6.45) is 7.00. The van der Waals surface area contributed by atoms with Crippen molar-refractivity contribution in [2.75, 3.05) is 26.2 Å². The molecule has 0 bridgehead atoms. The van der Waals surface area contributed by atoms with E-state index in [9.17, 15) is 0 Å². The van der Waals surface area contributed by atoms with Gasteiger partial charge in [0.25, 0.3) is 0 Å². The molecule has 1 aromatic heterocycles. The number of nitrogens with zero attached hydrogens (tertiary/aromatic N) is 4. The predicted molar refractivity (Wildman–Crippen MR) is 178 cm³/mol. The van der Waals surface area contributed by atoms with Gasteiger partial charge in [-0.25, -0.2) is 9.67 Å². The molecule has 7 nitrogen and oxygen atoms in total. The second-order valence-electron chi connectivity index (χ2n) is 13.5. The molecule has 0 saturated carbocycles. The van der Waals surface area contributed by atoms with Crippen molar-refractivity contribution in [3.8, 4) is 0 Å². The smallest absolute Gasteiger partial charge is 0.217 e. The largest absolute Gasteiger partial charge is 0.373 e. The molecule has 0 spiro atoms. The Morgan fingerprint density at radius 3 is 2.34 bits per heavy atom. The summed E-state index contributed by atoms with van der Waals surface area (Å²) in [5.74, 6) is -0.284. The summed E-state index contributed by atoms with van der Waals surface area (Å²) >= 11 is 12.4. The minimum Gasteiger partial charge on any atom is -0.373 e. The molecule has 44 heavy (non-hydrogen) atoms. The monoisotopic (exact) mass is 644 g/mol. The van der Waals surface area contributed by atoms with Gasteiger partial charge in [0.1, 0.15) is 19.2 Å². The highest BCUT2D eigenvalue weighted by molar-refractivity contribution is 6.35. The van der Waals surface area contributed by atoms with Crippen LogP contribution < -0.4 is 0 Å². The molecule has 0 N–H and O–H groups in total. The van der Waals surface area contributed by atoms with E-state index >= 15 is 0 Å². The second-order valence-corrected chi connectivity index (χ2v) is 14.4. The topological polar surface area (TPSA) is 61.6 Å². The first-order valence-corrected chi connectivity index (χ1v) is 16.7. The van der Waals surface area contributed by atoms with E-state index in [2.05, 4.69) is 87.7 Å². The zero-order valence-electron chi connectivity index (χ0n) is 27.4. The van der Waals surface area contributed by atoms with Crippen molar-refractivity contribution < 1.29 is 14.2 Å². The number of morpholine rings is 1. The van der Waals surface area contributed by atoms with Crippen LogP contribution in [0.3, 0.4) is 0 Å². The molecule has 2 aromatic carbocycles. The Bertz CT molecular complexity index is 1290. The van der Waals surface area contributed by atoms with Crippen molar-refractivity contribution >= 4 is 23.2 Å². The lowest BCUT2D eigenvalue weighted by molar-refractivity contribution is -0.189. The number of benzene rings is 2. The quantitative estimate of drug-likeness (QED) is 0.236.